The third-order valence-electron chi connectivity index (χ3n) is 11.8. The van der Waals surface area contributed by atoms with E-state index in [9.17, 15) is 0 Å². The summed E-state index contributed by atoms with van der Waals surface area (Å²) in [6.45, 7) is 0. The third kappa shape index (κ3) is 3.41. The van der Waals surface area contributed by atoms with Gasteiger partial charge in [-0.1, -0.05) is 9.15 Å². The van der Waals surface area contributed by atoms with E-state index >= 15 is 0 Å². The van der Waals surface area contributed by atoms with Crippen molar-refractivity contribution < 1.29 is 27.4 Å². The van der Waals surface area contributed by atoms with Gasteiger partial charge < -0.3 is 0 Å². The molecule has 12 rings (SSSR count). The van der Waals surface area contributed by atoms with Crippen LogP contribution in [0.3, 0.4) is 0 Å². The summed E-state index contributed by atoms with van der Waals surface area (Å²) >= 11 is 0. The molecule has 8 nitrogen and oxygen atoms in total. The summed E-state index contributed by atoms with van der Waals surface area (Å²) in [6.07, 6.45) is 26.7. The molecule has 6 aliphatic heterocycles. The molecule has 53 heavy (non-hydrogen) atoms. The van der Waals surface area contributed by atoms with Crippen LogP contribution in [0.1, 0.15) is 33.6 Å². The first-order chi connectivity index (χ1) is 25.9. The first-order valence-corrected chi connectivity index (χ1v) is 18.2. The van der Waals surface area contributed by atoms with Crippen molar-refractivity contribution in [1.82, 2.24) is 9.13 Å². The summed E-state index contributed by atoms with van der Waals surface area (Å²) in [6, 6.07) is 27.4. The second-order valence-electron chi connectivity index (χ2n) is 14.9. The Morgan fingerprint density at radius 1 is 0.377 bits per heavy atom. The van der Waals surface area contributed by atoms with E-state index in [0.717, 1.165) is 0 Å². The summed E-state index contributed by atoms with van der Waals surface area (Å²) < 4.78 is 19.0. The van der Waals surface area contributed by atoms with Crippen molar-refractivity contribution in [1.29, 1.82) is 0 Å². The Hall–Kier alpha value is -6.80. The maximum atomic E-state index is 2.64. The van der Waals surface area contributed by atoms with Crippen LogP contribution in [0.15, 0.2) is 158 Å². The highest BCUT2D eigenvalue weighted by atomic mass is 15.6. The summed E-state index contributed by atoms with van der Waals surface area (Å²) in [5.41, 5.74) is 16.9. The molecule has 0 saturated heterocycles. The highest BCUT2D eigenvalue weighted by Gasteiger charge is 2.73. The van der Waals surface area contributed by atoms with Gasteiger partial charge in [-0.15, -0.1) is 0 Å². The van der Waals surface area contributed by atoms with E-state index in [1.54, 1.807) is 0 Å². The minimum Gasteiger partial charge on any atom is -0.208 e. The summed E-state index contributed by atoms with van der Waals surface area (Å²) in [4.78, 5) is 0. The Kier molecular flexibility index (Phi) is 5.30. The number of rotatable bonds is 4. The topological polar surface area (TPSA) is 31.4 Å². The predicted molar refractivity (Wildman–Crippen MR) is 198 cm³/mol. The van der Waals surface area contributed by atoms with Crippen molar-refractivity contribution in [3.05, 3.63) is 202 Å². The van der Waals surface area contributed by atoms with E-state index in [1.165, 1.54) is 89.4 Å². The second-order valence-corrected chi connectivity index (χ2v) is 14.9. The number of aryl methyl sites for hydroxylation is 4. The van der Waals surface area contributed by atoms with Crippen LogP contribution in [-0.2, 0) is 34.1 Å². The van der Waals surface area contributed by atoms with Crippen LogP contribution in [0.5, 0.6) is 0 Å². The lowest BCUT2D eigenvalue weighted by atomic mass is 9.93. The largest absolute Gasteiger partial charge is 0.553 e. The summed E-state index contributed by atoms with van der Waals surface area (Å²) in [7, 11) is 8.32. The Balaban J connectivity index is 1.32. The van der Waals surface area contributed by atoms with Crippen LogP contribution in [0.4, 0.5) is 0 Å². The van der Waals surface area contributed by atoms with Crippen LogP contribution >= 0.6 is 0 Å². The molecule has 0 unspecified atom stereocenters. The van der Waals surface area contributed by atoms with Gasteiger partial charge in [-0.2, -0.15) is 9.13 Å². The number of hydrogen-bond acceptors (Lipinski definition) is 0. The molecular weight excluding hydrogens is 653 g/mol. The molecule has 0 radical (unpaired) electrons. The Labute approximate surface area is 306 Å². The van der Waals surface area contributed by atoms with Crippen LogP contribution in [0, 0.1) is 0 Å². The number of aromatic nitrogens is 6. The summed E-state index contributed by atoms with van der Waals surface area (Å²) in [5.74, 6) is -0.789. The SMILES string of the molecule is C[n+]1ccc(C2=C3C=CC4=[N+]3C35n6c2ccc6C(c2cc[n+](C)cc2)=C2C=CC(=[N+]23)C(c2cc[n+](C)cc2)=c2ccc(n25)=C4c2cc[n+](C)cc2)cc1. The lowest BCUT2D eigenvalue weighted by molar-refractivity contribution is -0.834. The van der Waals surface area contributed by atoms with E-state index < -0.39 is 5.91 Å². The van der Waals surface area contributed by atoms with Crippen molar-refractivity contribution in [2.24, 2.45) is 28.2 Å². The van der Waals surface area contributed by atoms with Crippen molar-refractivity contribution in [2.75, 3.05) is 0 Å². The molecule has 0 aromatic carbocycles. The van der Waals surface area contributed by atoms with Gasteiger partial charge in [0.15, 0.2) is 49.6 Å². The molecule has 250 valence electrons. The zero-order valence-electron chi connectivity index (χ0n) is 29.9. The standard InChI is InChI=1S/C45H36N8/c1-46-21-13-29(14-22-46)41-33-5-7-35-42(30-15-23-47(2)24-16-30)37-9-11-39-44(32-19-27-49(4)28-20-32)40-12-10-38-43(31-17-25-48(3)26-18-31)36-8-6-34(41)51(36)45(50(33)35,52(37)39)53(38)40/h5-28H,1-4H3/q+6. The van der Waals surface area contributed by atoms with Crippen molar-refractivity contribution in [3.63, 3.8) is 0 Å². The fourth-order valence-corrected chi connectivity index (χ4v) is 9.58. The minimum absolute atomic E-state index is 0.789. The first-order valence-electron chi connectivity index (χ1n) is 18.2. The Morgan fingerprint density at radius 3 is 1.08 bits per heavy atom. The highest BCUT2D eigenvalue weighted by molar-refractivity contribution is 6.29. The second kappa shape index (κ2) is 9.74. The summed E-state index contributed by atoms with van der Waals surface area (Å²) in [5, 5.41) is 2.40. The quantitative estimate of drug-likeness (QED) is 0.253. The molecule has 12 heterocycles. The van der Waals surface area contributed by atoms with E-state index in [0.29, 0.717) is 0 Å². The van der Waals surface area contributed by atoms with Crippen LogP contribution in [0.25, 0.3) is 22.3 Å². The maximum Gasteiger partial charge on any atom is 0.553 e. The van der Waals surface area contributed by atoms with Gasteiger partial charge in [0.05, 0.1) is 44.4 Å². The van der Waals surface area contributed by atoms with Crippen LogP contribution < -0.4 is 29.0 Å². The number of hydrogen-bond donors (Lipinski definition) is 0. The maximum absolute atomic E-state index is 2.64. The fraction of sp³-hybridized carbons (Fsp3) is 0.111. The van der Waals surface area contributed by atoms with Gasteiger partial charge in [0.2, 0.25) is 22.8 Å². The number of allylic oxidation sites excluding steroid dienone is 4. The molecule has 0 amide bonds. The first kappa shape index (κ1) is 28.8. The van der Waals surface area contributed by atoms with Gasteiger partial charge in [0, 0.05) is 95.1 Å². The molecule has 0 atom stereocenters. The molecule has 0 aliphatic carbocycles. The minimum atomic E-state index is -0.789. The lowest BCUT2D eigenvalue weighted by Crippen LogP contribution is -2.71. The van der Waals surface area contributed by atoms with E-state index in [4.69, 9.17) is 0 Å². The van der Waals surface area contributed by atoms with Crippen molar-refractivity contribution >= 4 is 33.7 Å². The van der Waals surface area contributed by atoms with Gasteiger partial charge in [0.25, 0.3) is 0 Å². The van der Waals surface area contributed by atoms with E-state index in [1.807, 2.05) is 0 Å². The molecule has 0 bridgehead atoms. The lowest BCUT2D eigenvalue weighted by Gasteiger charge is -2.41. The van der Waals surface area contributed by atoms with Gasteiger partial charge in [0.1, 0.15) is 28.2 Å². The van der Waals surface area contributed by atoms with Gasteiger partial charge in [-0.25, -0.2) is 18.3 Å². The van der Waals surface area contributed by atoms with Gasteiger partial charge in [-0.05, 0) is 24.3 Å². The molecule has 0 saturated carbocycles. The van der Waals surface area contributed by atoms with Crippen LogP contribution in [0.2, 0.25) is 0 Å². The highest BCUT2D eigenvalue weighted by Crippen LogP contribution is 2.52. The number of nitrogens with zero attached hydrogens (tertiary/aromatic N) is 8. The predicted octanol–water partition coefficient (Wildman–Crippen LogP) is 1.72. The smallest absolute Gasteiger partial charge is 0.208 e. The van der Waals surface area contributed by atoms with E-state index in [2.05, 4.69) is 211 Å². The zero-order chi connectivity index (χ0) is 35.3. The zero-order valence-corrected chi connectivity index (χ0v) is 29.9. The molecular formula is C45H36N8+6. The monoisotopic (exact) mass is 688 g/mol. The average molecular weight is 689 g/mol. The molecule has 0 fully saturated rings. The van der Waals surface area contributed by atoms with Gasteiger partial charge in [-0.3, -0.25) is 0 Å². The Morgan fingerprint density at radius 2 is 0.717 bits per heavy atom. The average Bonchev–Trinajstić information content (AvgIpc) is 3.99. The molecule has 6 aromatic heterocycles. The molecule has 0 N–H and O–H groups in total. The molecule has 1 spiro atoms. The fourth-order valence-electron chi connectivity index (χ4n) is 9.58. The van der Waals surface area contributed by atoms with Gasteiger partial charge >= 0.3 is 5.91 Å². The third-order valence-corrected chi connectivity index (χ3v) is 11.8. The molecule has 6 aliphatic rings. The van der Waals surface area contributed by atoms with Crippen molar-refractivity contribution in [2.45, 2.75) is 5.91 Å². The molecule has 8 heteroatoms. The molecule has 6 aromatic rings. The van der Waals surface area contributed by atoms with Crippen LogP contribution in [-0.4, -0.2) is 29.7 Å². The normalized spacial score (nSPS) is 17.8. The number of pyridine rings is 4. The van der Waals surface area contributed by atoms with E-state index in [-0.39, 0.29) is 0 Å². The van der Waals surface area contributed by atoms with Crippen molar-refractivity contribution in [3.8, 4) is 0 Å². The Bertz CT molecular complexity index is 2830.